The number of aromatic nitrogens is 1. The van der Waals surface area contributed by atoms with E-state index in [9.17, 15) is 14.7 Å². The third-order valence-corrected chi connectivity index (χ3v) is 5.43. The fraction of sp³-hybridized carbons (Fsp3) is 0.167. The summed E-state index contributed by atoms with van der Waals surface area (Å²) in [6, 6.07) is 8.47. The number of hydrogen-bond donors (Lipinski definition) is 1. The van der Waals surface area contributed by atoms with Gasteiger partial charge in [0.2, 0.25) is 0 Å². The van der Waals surface area contributed by atoms with Crippen LogP contribution in [0.1, 0.15) is 25.8 Å². The standard InChI is InChI=1S/C18H13ClN2O4S/c1-9-11(7-15(22)23)16-12(4-5-13(25-2)17(16)19)21(9)18(24)14-6-3-10(8-20)26-14/h3-6H,7H2,1-2H3,(H,22,23). The summed E-state index contributed by atoms with van der Waals surface area (Å²) in [6.07, 6.45) is -0.274. The molecule has 1 aromatic carbocycles. The van der Waals surface area contributed by atoms with Crippen LogP contribution in [-0.4, -0.2) is 28.7 Å². The Morgan fingerprint density at radius 3 is 2.65 bits per heavy atom. The van der Waals surface area contributed by atoms with Crippen LogP contribution in [0.3, 0.4) is 0 Å². The summed E-state index contributed by atoms with van der Waals surface area (Å²) in [6.45, 7) is 1.68. The van der Waals surface area contributed by atoms with Crippen molar-refractivity contribution in [3.8, 4) is 11.8 Å². The zero-order valence-electron chi connectivity index (χ0n) is 13.9. The van der Waals surface area contributed by atoms with Gasteiger partial charge in [0.05, 0.1) is 28.9 Å². The second-order valence-corrected chi connectivity index (χ2v) is 6.99. The van der Waals surface area contributed by atoms with Crippen molar-refractivity contribution in [2.75, 3.05) is 7.11 Å². The van der Waals surface area contributed by atoms with Gasteiger partial charge in [-0.2, -0.15) is 5.26 Å². The van der Waals surface area contributed by atoms with Crippen LogP contribution in [0.25, 0.3) is 10.9 Å². The van der Waals surface area contributed by atoms with Crippen molar-refractivity contribution in [2.24, 2.45) is 0 Å². The number of ether oxygens (including phenoxy) is 1. The molecular formula is C18H13ClN2O4S. The zero-order valence-corrected chi connectivity index (χ0v) is 15.4. The number of benzene rings is 1. The molecule has 0 aliphatic rings. The Hall–Kier alpha value is -2.82. The molecule has 3 aromatic rings. The minimum Gasteiger partial charge on any atom is -0.495 e. The van der Waals surface area contributed by atoms with Gasteiger partial charge in [-0.05, 0) is 36.8 Å². The lowest BCUT2D eigenvalue weighted by Gasteiger charge is -2.07. The normalized spacial score (nSPS) is 10.7. The third-order valence-electron chi connectivity index (χ3n) is 4.08. The van der Waals surface area contributed by atoms with Gasteiger partial charge in [0.15, 0.2) is 0 Å². The van der Waals surface area contributed by atoms with E-state index >= 15 is 0 Å². The van der Waals surface area contributed by atoms with E-state index in [1.807, 2.05) is 6.07 Å². The average Bonchev–Trinajstić information content (AvgIpc) is 3.18. The molecular weight excluding hydrogens is 376 g/mol. The molecule has 0 radical (unpaired) electrons. The molecule has 0 aliphatic heterocycles. The van der Waals surface area contributed by atoms with E-state index in [-0.39, 0.29) is 17.4 Å². The number of carboxylic acids is 1. The summed E-state index contributed by atoms with van der Waals surface area (Å²) in [5.41, 5.74) is 1.46. The maximum absolute atomic E-state index is 13.0. The number of carbonyl (C=O) groups is 2. The smallest absolute Gasteiger partial charge is 0.307 e. The van der Waals surface area contributed by atoms with Crippen molar-refractivity contribution >= 4 is 45.7 Å². The van der Waals surface area contributed by atoms with Crippen molar-refractivity contribution in [1.29, 1.82) is 5.26 Å². The maximum atomic E-state index is 13.0. The lowest BCUT2D eigenvalue weighted by molar-refractivity contribution is -0.136. The first kappa shape index (κ1) is 18.0. The fourth-order valence-electron chi connectivity index (χ4n) is 2.93. The predicted octanol–water partition coefficient (Wildman–Crippen LogP) is 3.86. The van der Waals surface area contributed by atoms with Crippen LogP contribution < -0.4 is 4.74 Å². The summed E-state index contributed by atoms with van der Waals surface area (Å²) in [4.78, 5) is 25.1. The van der Waals surface area contributed by atoms with E-state index < -0.39 is 5.97 Å². The second-order valence-electron chi connectivity index (χ2n) is 5.53. The molecule has 0 atom stereocenters. The molecule has 2 heterocycles. The van der Waals surface area contributed by atoms with Gasteiger partial charge >= 0.3 is 5.97 Å². The van der Waals surface area contributed by atoms with Crippen molar-refractivity contribution in [3.63, 3.8) is 0 Å². The van der Waals surface area contributed by atoms with Gasteiger partial charge in [0.25, 0.3) is 5.91 Å². The summed E-state index contributed by atoms with van der Waals surface area (Å²) < 4.78 is 6.65. The number of carbonyl (C=O) groups excluding carboxylic acids is 1. The first-order valence-corrected chi connectivity index (χ1v) is 8.71. The quantitative estimate of drug-likeness (QED) is 0.732. The van der Waals surface area contributed by atoms with Gasteiger partial charge in [0, 0.05) is 11.1 Å². The van der Waals surface area contributed by atoms with Crippen LogP contribution in [0.4, 0.5) is 0 Å². The molecule has 3 rings (SSSR count). The van der Waals surface area contributed by atoms with Crippen molar-refractivity contribution in [2.45, 2.75) is 13.3 Å². The highest BCUT2D eigenvalue weighted by molar-refractivity contribution is 7.14. The molecule has 0 amide bonds. The zero-order chi connectivity index (χ0) is 19.0. The van der Waals surface area contributed by atoms with Gasteiger partial charge in [-0.1, -0.05) is 11.6 Å². The number of nitriles is 1. The Kier molecular flexibility index (Phi) is 4.72. The topological polar surface area (TPSA) is 92.3 Å². The number of rotatable bonds is 4. The minimum absolute atomic E-state index is 0.264. The van der Waals surface area contributed by atoms with Crippen LogP contribution in [0.15, 0.2) is 24.3 Å². The van der Waals surface area contributed by atoms with E-state index in [0.717, 1.165) is 11.3 Å². The molecule has 1 N–H and O–H groups in total. The van der Waals surface area contributed by atoms with Gasteiger partial charge in [-0.15, -0.1) is 11.3 Å². The van der Waals surface area contributed by atoms with Crippen LogP contribution in [-0.2, 0) is 11.2 Å². The van der Waals surface area contributed by atoms with Crippen LogP contribution in [0, 0.1) is 18.3 Å². The first-order chi connectivity index (χ1) is 12.4. The lowest BCUT2D eigenvalue weighted by Crippen LogP contribution is -2.12. The first-order valence-electron chi connectivity index (χ1n) is 7.51. The summed E-state index contributed by atoms with van der Waals surface area (Å²) >= 11 is 7.49. The van der Waals surface area contributed by atoms with Crippen LogP contribution in [0.5, 0.6) is 5.75 Å². The molecule has 0 unspecified atom stereocenters. The molecule has 26 heavy (non-hydrogen) atoms. The second kappa shape index (κ2) is 6.83. The van der Waals surface area contributed by atoms with Crippen molar-refractivity contribution in [3.05, 3.63) is 50.3 Å². The fourth-order valence-corrected chi connectivity index (χ4v) is 4.01. The molecule has 132 valence electrons. The van der Waals surface area contributed by atoms with Gasteiger partial charge in [-0.3, -0.25) is 14.2 Å². The number of nitrogens with zero attached hydrogens (tertiary/aromatic N) is 2. The average molecular weight is 389 g/mol. The van der Waals surface area contributed by atoms with E-state index in [0.29, 0.717) is 37.7 Å². The molecule has 0 saturated heterocycles. The summed E-state index contributed by atoms with van der Waals surface area (Å²) in [5, 5.41) is 19.0. The summed E-state index contributed by atoms with van der Waals surface area (Å²) in [7, 11) is 1.47. The molecule has 0 fully saturated rings. The van der Waals surface area contributed by atoms with Crippen molar-refractivity contribution < 1.29 is 19.4 Å². The van der Waals surface area contributed by atoms with E-state index in [1.165, 1.54) is 11.7 Å². The van der Waals surface area contributed by atoms with E-state index in [4.69, 9.17) is 21.6 Å². The van der Waals surface area contributed by atoms with E-state index in [2.05, 4.69) is 0 Å². The summed E-state index contributed by atoms with van der Waals surface area (Å²) in [5.74, 6) is -0.962. The van der Waals surface area contributed by atoms with Crippen LogP contribution >= 0.6 is 22.9 Å². The highest BCUT2D eigenvalue weighted by Gasteiger charge is 2.25. The molecule has 0 saturated carbocycles. The highest BCUT2D eigenvalue weighted by Crippen LogP contribution is 2.38. The van der Waals surface area contributed by atoms with Crippen LogP contribution in [0.2, 0.25) is 5.02 Å². The van der Waals surface area contributed by atoms with Gasteiger partial charge in [-0.25, -0.2) is 0 Å². The number of halogens is 1. The number of thiophene rings is 1. The largest absolute Gasteiger partial charge is 0.495 e. The van der Waals surface area contributed by atoms with Gasteiger partial charge in [0.1, 0.15) is 16.7 Å². The number of hydrogen-bond acceptors (Lipinski definition) is 5. The Morgan fingerprint density at radius 1 is 1.35 bits per heavy atom. The molecule has 2 aromatic heterocycles. The van der Waals surface area contributed by atoms with E-state index in [1.54, 1.807) is 31.2 Å². The van der Waals surface area contributed by atoms with Crippen molar-refractivity contribution in [1.82, 2.24) is 4.57 Å². The predicted molar refractivity (Wildman–Crippen MR) is 98.3 cm³/mol. The maximum Gasteiger partial charge on any atom is 0.307 e. The Bertz CT molecular complexity index is 1090. The Labute approximate surface area is 157 Å². The molecule has 0 bridgehead atoms. The SMILES string of the molecule is COc1ccc2c(c1Cl)c(CC(=O)O)c(C)n2C(=O)c1ccc(C#N)s1. The molecule has 8 heteroatoms. The number of carboxylic acid groups (broad SMARTS) is 1. The number of fused-ring (bicyclic) bond motifs is 1. The lowest BCUT2D eigenvalue weighted by atomic mass is 10.1. The molecule has 6 nitrogen and oxygen atoms in total. The highest BCUT2D eigenvalue weighted by atomic mass is 35.5. The minimum atomic E-state index is -1.03. The number of aliphatic carboxylic acids is 1. The molecule has 0 aliphatic carbocycles. The Morgan fingerprint density at radius 2 is 2.08 bits per heavy atom. The Balaban J connectivity index is 2.30. The number of methoxy groups -OCH3 is 1. The third kappa shape index (κ3) is 2.83. The molecule has 0 spiro atoms. The monoisotopic (exact) mass is 388 g/mol. The van der Waals surface area contributed by atoms with Gasteiger partial charge < -0.3 is 9.84 Å².